The van der Waals surface area contributed by atoms with Crippen LogP contribution in [-0.4, -0.2) is 6.04 Å². The minimum absolute atomic E-state index is 0. The molecule has 3 heteroatoms. The van der Waals surface area contributed by atoms with Crippen molar-refractivity contribution in [1.29, 1.82) is 5.26 Å². The van der Waals surface area contributed by atoms with Gasteiger partial charge in [0.25, 0.3) is 0 Å². The van der Waals surface area contributed by atoms with Gasteiger partial charge in [0.1, 0.15) is 0 Å². The summed E-state index contributed by atoms with van der Waals surface area (Å²) in [7, 11) is 0. The molecule has 60 valence electrons. The van der Waals surface area contributed by atoms with Crippen LogP contribution >= 0.6 is 12.4 Å². The number of hydrogen-bond donors (Lipinski definition) is 1. The molecular weight excluding hydrogens is 148 g/mol. The van der Waals surface area contributed by atoms with Crippen LogP contribution in [0.5, 0.6) is 0 Å². The van der Waals surface area contributed by atoms with Crippen LogP contribution in [0.25, 0.3) is 0 Å². The van der Waals surface area contributed by atoms with E-state index in [1.165, 1.54) is 0 Å². The van der Waals surface area contributed by atoms with Gasteiger partial charge in [-0.15, -0.1) is 12.4 Å². The minimum atomic E-state index is 0. The number of hydrogen-bond acceptors (Lipinski definition) is 2. The first kappa shape index (κ1) is 12.4. The summed E-state index contributed by atoms with van der Waals surface area (Å²) < 4.78 is 0. The van der Waals surface area contributed by atoms with Gasteiger partial charge in [0.2, 0.25) is 0 Å². The second-order valence-electron chi connectivity index (χ2n) is 2.75. The molecule has 0 aromatic rings. The van der Waals surface area contributed by atoms with Crippen LogP contribution < -0.4 is 5.73 Å². The zero-order valence-electron chi connectivity index (χ0n) is 6.50. The van der Waals surface area contributed by atoms with E-state index < -0.39 is 0 Å². The molecule has 0 radical (unpaired) electrons. The van der Waals surface area contributed by atoms with Crippen LogP contribution in [0, 0.1) is 17.2 Å². The zero-order chi connectivity index (χ0) is 7.28. The van der Waals surface area contributed by atoms with Gasteiger partial charge in [-0.05, 0) is 12.3 Å². The van der Waals surface area contributed by atoms with Gasteiger partial charge in [-0.1, -0.05) is 13.8 Å². The zero-order valence-corrected chi connectivity index (χ0v) is 7.32. The van der Waals surface area contributed by atoms with Crippen molar-refractivity contribution in [2.24, 2.45) is 11.7 Å². The van der Waals surface area contributed by atoms with E-state index in [0.717, 1.165) is 6.42 Å². The molecule has 0 aromatic heterocycles. The predicted molar refractivity (Wildman–Crippen MR) is 44.9 cm³/mol. The molecular formula is C7H15ClN2. The molecule has 2 nitrogen and oxygen atoms in total. The predicted octanol–water partition coefficient (Wildman–Crippen LogP) is 1.70. The Morgan fingerprint density at radius 1 is 1.50 bits per heavy atom. The quantitative estimate of drug-likeness (QED) is 0.687. The first-order valence-electron chi connectivity index (χ1n) is 3.29. The smallest absolute Gasteiger partial charge is 0.0638 e. The van der Waals surface area contributed by atoms with Gasteiger partial charge in [-0.3, -0.25) is 0 Å². The summed E-state index contributed by atoms with van der Waals surface area (Å²) in [6.07, 6.45) is 1.44. The summed E-state index contributed by atoms with van der Waals surface area (Å²) in [5.41, 5.74) is 5.56. The van der Waals surface area contributed by atoms with Crippen LogP contribution in [0.2, 0.25) is 0 Å². The molecule has 10 heavy (non-hydrogen) atoms. The van der Waals surface area contributed by atoms with Gasteiger partial charge >= 0.3 is 0 Å². The molecule has 0 aliphatic heterocycles. The highest BCUT2D eigenvalue weighted by atomic mass is 35.5. The molecule has 0 spiro atoms. The van der Waals surface area contributed by atoms with Crippen molar-refractivity contribution in [3.05, 3.63) is 0 Å². The molecule has 0 saturated heterocycles. The maximum absolute atomic E-state index is 8.22. The maximum Gasteiger partial charge on any atom is 0.0638 e. The lowest BCUT2D eigenvalue weighted by Crippen LogP contribution is -2.20. The average molecular weight is 163 g/mol. The van der Waals surface area contributed by atoms with Crippen molar-refractivity contribution in [2.75, 3.05) is 0 Å². The fraction of sp³-hybridized carbons (Fsp3) is 0.857. The van der Waals surface area contributed by atoms with E-state index in [1.54, 1.807) is 0 Å². The molecule has 0 heterocycles. The Morgan fingerprint density at radius 2 is 2.00 bits per heavy atom. The lowest BCUT2D eigenvalue weighted by atomic mass is 10.0. The number of nitrogens with two attached hydrogens (primary N) is 1. The van der Waals surface area contributed by atoms with Gasteiger partial charge in [0.15, 0.2) is 0 Å². The van der Waals surface area contributed by atoms with Crippen molar-refractivity contribution in [3.8, 4) is 6.07 Å². The number of nitrogens with zero attached hydrogens (tertiary/aromatic N) is 1. The van der Waals surface area contributed by atoms with Crippen LogP contribution in [0.15, 0.2) is 0 Å². The molecule has 0 rings (SSSR count). The molecule has 2 N–H and O–H groups in total. The highest BCUT2D eigenvalue weighted by Gasteiger charge is 2.02. The van der Waals surface area contributed by atoms with Gasteiger partial charge in [-0.25, -0.2) is 0 Å². The Hall–Kier alpha value is -0.260. The molecule has 1 atom stereocenters. The van der Waals surface area contributed by atoms with Crippen LogP contribution in [0.3, 0.4) is 0 Å². The summed E-state index contributed by atoms with van der Waals surface area (Å²) in [6, 6.07) is 2.13. The van der Waals surface area contributed by atoms with Crippen LogP contribution in [0.1, 0.15) is 26.7 Å². The van der Waals surface area contributed by atoms with E-state index in [1.807, 2.05) is 6.07 Å². The second-order valence-corrected chi connectivity index (χ2v) is 2.75. The summed E-state index contributed by atoms with van der Waals surface area (Å²) in [5.74, 6) is 0.605. The van der Waals surface area contributed by atoms with E-state index in [4.69, 9.17) is 11.0 Å². The monoisotopic (exact) mass is 162 g/mol. The molecule has 0 bridgehead atoms. The lowest BCUT2D eigenvalue weighted by molar-refractivity contribution is 0.501. The van der Waals surface area contributed by atoms with Crippen molar-refractivity contribution in [3.63, 3.8) is 0 Å². The Labute approximate surface area is 68.8 Å². The van der Waals surface area contributed by atoms with Crippen LogP contribution in [-0.2, 0) is 0 Å². The SMILES string of the molecule is CC(C)C[C@H](N)CC#N.Cl. The van der Waals surface area contributed by atoms with E-state index in [-0.39, 0.29) is 18.4 Å². The Bertz CT molecular complexity index is 107. The van der Waals surface area contributed by atoms with Crippen LogP contribution in [0.4, 0.5) is 0 Å². The molecule has 0 amide bonds. The summed E-state index contributed by atoms with van der Waals surface area (Å²) >= 11 is 0. The second kappa shape index (κ2) is 6.85. The van der Waals surface area contributed by atoms with Crippen molar-refractivity contribution in [1.82, 2.24) is 0 Å². The number of rotatable bonds is 3. The minimum Gasteiger partial charge on any atom is -0.327 e. The topological polar surface area (TPSA) is 49.8 Å². The summed E-state index contributed by atoms with van der Waals surface area (Å²) in [5, 5.41) is 8.22. The van der Waals surface area contributed by atoms with Gasteiger partial charge in [0, 0.05) is 6.04 Å². The van der Waals surface area contributed by atoms with Crippen molar-refractivity contribution < 1.29 is 0 Å². The number of nitriles is 1. The third-order valence-corrected chi connectivity index (χ3v) is 1.13. The molecule has 0 aliphatic rings. The highest BCUT2D eigenvalue weighted by molar-refractivity contribution is 5.85. The highest BCUT2D eigenvalue weighted by Crippen LogP contribution is 2.03. The number of halogens is 1. The van der Waals surface area contributed by atoms with Gasteiger partial charge in [-0.2, -0.15) is 5.26 Å². The normalized spacial score (nSPS) is 11.9. The summed E-state index contributed by atoms with van der Waals surface area (Å²) in [6.45, 7) is 4.22. The Morgan fingerprint density at radius 3 is 2.30 bits per heavy atom. The largest absolute Gasteiger partial charge is 0.327 e. The lowest BCUT2D eigenvalue weighted by Gasteiger charge is -2.08. The van der Waals surface area contributed by atoms with E-state index in [9.17, 15) is 0 Å². The molecule has 0 unspecified atom stereocenters. The Balaban J connectivity index is 0. The van der Waals surface area contributed by atoms with E-state index in [2.05, 4.69) is 13.8 Å². The first-order chi connectivity index (χ1) is 4.16. The van der Waals surface area contributed by atoms with Crippen molar-refractivity contribution in [2.45, 2.75) is 32.7 Å². The first-order valence-corrected chi connectivity index (χ1v) is 3.29. The Kier molecular flexibility index (Phi) is 8.51. The third-order valence-electron chi connectivity index (χ3n) is 1.13. The molecule has 0 aromatic carbocycles. The van der Waals surface area contributed by atoms with Gasteiger partial charge in [0.05, 0.1) is 12.5 Å². The van der Waals surface area contributed by atoms with Gasteiger partial charge < -0.3 is 5.73 Å². The third kappa shape index (κ3) is 7.74. The fourth-order valence-corrected chi connectivity index (χ4v) is 0.806. The maximum atomic E-state index is 8.22. The molecule has 0 fully saturated rings. The average Bonchev–Trinajstić information content (AvgIpc) is 1.63. The van der Waals surface area contributed by atoms with E-state index in [0.29, 0.717) is 12.3 Å². The molecule has 0 saturated carbocycles. The standard InChI is InChI=1S/C7H14N2.ClH/c1-6(2)5-7(9)3-4-8;/h6-7H,3,5,9H2,1-2H3;1H/t7-;/m1./s1. The summed E-state index contributed by atoms with van der Waals surface area (Å²) in [4.78, 5) is 0. The van der Waals surface area contributed by atoms with Crippen molar-refractivity contribution >= 4 is 12.4 Å². The van der Waals surface area contributed by atoms with E-state index >= 15 is 0 Å². The fourth-order valence-electron chi connectivity index (χ4n) is 0.806. The molecule has 0 aliphatic carbocycles.